The van der Waals surface area contributed by atoms with E-state index in [-0.39, 0.29) is 12.1 Å². The van der Waals surface area contributed by atoms with Gasteiger partial charge in [-0.2, -0.15) is 0 Å². The molecule has 6 saturated heterocycles. The molecule has 6 heteroatoms. The Hall–Kier alpha value is -1.47. The van der Waals surface area contributed by atoms with Gasteiger partial charge in [-0.25, -0.2) is 4.79 Å². The van der Waals surface area contributed by atoms with Crippen molar-refractivity contribution >= 4 is 5.97 Å². The van der Waals surface area contributed by atoms with Gasteiger partial charge in [0, 0.05) is 31.6 Å². The predicted octanol–water partition coefficient (Wildman–Crippen LogP) is 1.95. The van der Waals surface area contributed by atoms with Gasteiger partial charge in [0.15, 0.2) is 0 Å². The Morgan fingerprint density at radius 2 is 1.31 bits per heavy atom. The normalized spacial score (nSPS) is 35.9. The van der Waals surface area contributed by atoms with E-state index in [1.165, 1.54) is 117 Å². The number of hydrogen-bond acceptors (Lipinski definition) is 3. The number of quaternary nitrogens is 3. The summed E-state index contributed by atoms with van der Waals surface area (Å²) < 4.78 is 9.36. The lowest BCUT2D eigenvalue weighted by atomic mass is 10.0. The molecule has 6 fully saturated rings. The Balaban J connectivity index is 1.12. The summed E-state index contributed by atoms with van der Waals surface area (Å²) in [4.78, 5) is 14.8. The largest absolute Gasteiger partial charge is 0.459 e. The van der Waals surface area contributed by atoms with Gasteiger partial charge in [-0.15, -0.1) is 0 Å². The number of carbonyl (C=O) groups excluding carboxylic acids is 1. The molecule has 1 aromatic carbocycles. The van der Waals surface area contributed by atoms with E-state index < -0.39 is 0 Å². The highest BCUT2D eigenvalue weighted by atomic mass is 16.5. The highest BCUT2D eigenvalue weighted by Gasteiger charge is 2.49. The SMILES string of the molecule is CC(C)OC(=O)c1ccc(C[N+]23CC[N+](CCC[N+]45CCN(CC4)CC5)(CC2)CC3)cc1. The maximum Gasteiger partial charge on any atom is 0.338 e. The molecule has 176 valence electrons. The quantitative estimate of drug-likeness (QED) is 0.454. The van der Waals surface area contributed by atoms with Crippen molar-refractivity contribution in [3.05, 3.63) is 35.4 Å². The molecular formula is C26H43N4O2+3. The Morgan fingerprint density at radius 3 is 1.84 bits per heavy atom. The summed E-state index contributed by atoms with van der Waals surface area (Å²) in [5, 5.41) is 0. The maximum absolute atomic E-state index is 12.1. The first-order chi connectivity index (χ1) is 15.4. The van der Waals surface area contributed by atoms with E-state index in [0.717, 1.165) is 6.54 Å². The molecule has 6 aliphatic rings. The molecule has 0 atom stereocenters. The van der Waals surface area contributed by atoms with Crippen LogP contribution < -0.4 is 0 Å². The lowest BCUT2D eigenvalue weighted by molar-refractivity contribution is -1.09. The Kier molecular flexibility index (Phi) is 6.08. The molecule has 6 heterocycles. The summed E-state index contributed by atoms with van der Waals surface area (Å²) in [5.74, 6) is -0.214. The second-order valence-electron chi connectivity index (χ2n) is 11.5. The Morgan fingerprint density at radius 1 is 0.812 bits per heavy atom. The number of ether oxygens (including phenoxy) is 1. The molecule has 0 amide bonds. The van der Waals surface area contributed by atoms with Crippen molar-refractivity contribution in [3.8, 4) is 0 Å². The van der Waals surface area contributed by atoms with Crippen molar-refractivity contribution in [3.63, 3.8) is 0 Å². The molecule has 0 saturated carbocycles. The van der Waals surface area contributed by atoms with Crippen LogP contribution in [0.15, 0.2) is 24.3 Å². The van der Waals surface area contributed by atoms with E-state index in [0.29, 0.717) is 5.56 Å². The minimum Gasteiger partial charge on any atom is -0.459 e. The number of esters is 1. The molecule has 1 aromatic rings. The molecule has 0 unspecified atom stereocenters. The number of nitrogens with zero attached hydrogens (tertiary/aromatic N) is 4. The number of carbonyl (C=O) groups is 1. The molecule has 4 bridgehead atoms. The van der Waals surface area contributed by atoms with Gasteiger partial charge in [0.25, 0.3) is 0 Å². The van der Waals surface area contributed by atoms with E-state index in [1.807, 2.05) is 26.0 Å². The first-order valence-electron chi connectivity index (χ1n) is 13.0. The lowest BCUT2D eigenvalue weighted by Crippen LogP contribution is -2.75. The molecular weight excluding hydrogens is 400 g/mol. The van der Waals surface area contributed by atoms with Crippen LogP contribution in [0.4, 0.5) is 0 Å². The summed E-state index contributed by atoms with van der Waals surface area (Å²) in [6, 6.07) is 8.17. The van der Waals surface area contributed by atoms with Crippen molar-refractivity contribution in [2.45, 2.75) is 32.9 Å². The number of hydrogen-bond donors (Lipinski definition) is 0. The highest BCUT2D eigenvalue weighted by Crippen LogP contribution is 2.30. The summed E-state index contributed by atoms with van der Waals surface area (Å²) in [6.45, 7) is 23.9. The van der Waals surface area contributed by atoms with Crippen molar-refractivity contribution in [2.24, 2.45) is 0 Å². The minimum atomic E-state index is -0.214. The fourth-order valence-corrected chi connectivity index (χ4v) is 6.74. The van der Waals surface area contributed by atoms with Crippen molar-refractivity contribution in [1.29, 1.82) is 0 Å². The fourth-order valence-electron chi connectivity index (χ4n) is 6.74. The summed E-state index contributed by atoms with van der Waals surface area (Å²) in [5.41, 5.74) is 2.02. The standard InChI is InChI=1S/C26H43N4O2/c1-23(2)32-26(31)25-6-4-24(5-7-25)22-30-19-16-29(17-20-30,18-21-30)12-3-11-28-13-8-27(9-14-28)10-15-28/h4-7,23H,3,8-22H2,1-2H3/q+3. The van der Waals surface area contributed by atoms with Crippen LogP contribution in [0.5, 0.6) is 0 Å². The van der Waals surface area contributed by atoms with Gasteiger partial charge in [0.1, 0.15) is 45.8 Å². The van der Waals surface area contributed by atoms with Crippen molar-refractivity contribution in [1.82, 2.24) is 4.90 Å². The lowest BCUT2D eigenvalue weighted by Gasteiger charge is -2.56. The number of benzene rings is 1. The van der Waals surface area contributed by atoms with Crippen LogP contribution in [0.2, 0.25) is 0 Å². The summed E-state index contributed by atoms with van der Waals surface area (Å²) >= 11 is 0. The summed E-state index contributed by atoms with van der Waals surface area (Å²) in [7, 11) is 0. The van der Waals surface area contributed by atoms with Crippen molar-refractivity contribution < 1.29 is 23.0 Å². The van der Waals surface area contributed by atoms with Gasteiger partial charge in [-0.3, -0.25) is 4.90 Å². The van der Waals surface area contributed by atoms with Gasteiger partial charge in [0.05, 0.1) is 44.4 Å². The smallest absolute Gasteiger partial charge is 0.338 e. The third kappa shape index (κ3) is 4.60. The molecule has 7 rings (SSSR count). The van der Waals surface area contributed by atoms with E-state index in [1.54, 1.807) is 0 Å². The minimum absolute atomic E-state index is 0.0742. The molecule has 0 aromatic heterocycles. The average Bonchev–Trinajstić information content (AvgIpc) is 2.81. The first kappa shape index (κ1) is 22.3. The number of fused-ring (bicyclic) bond motifs is 6. The number of piperazine rings is 6. The van der Waals surface area contributed by atoms with Crippen LogP contribution in [-0.4, -0.2) is 122 Å². The molecule has 0 spiro atoms. The molecule has 6 aliphatic heterocycles. The van der Waals surface area contributed by atoms with Crippen LogP contribution in [0.25, 0.3) is 0 Å². The van der Waals surface area contributed by atoms with Crippen LogP contribution in [0.1, 0.15) is 36.2 Å². The monoisotopic (exact) mass is 443 g/mol. The topological polar surface area (TPSA) is 29.5 Å². The van der Waals surface area contributed by atoms with E-state index >= 15 is 0 Å². The molecule has 32 heavy (non-hydrogen) atoms. The number of rotatable bonds is 8. The second kappa shape index (κ2) is 8.71. The zero-order valence-corrected chi connectivity index (χ0v) is 20.3. The first-order valence-corrected chi connectivity index (χ1v) is 13.0. The van der Waals surface area contributed by atoms with Gasteiger partial charge in [-0.1, -0.05) is 12.1 Å². The third-order valence-electron chi connectivity index (χ3n) is 9.13. The fraction of sp³-hybridized carbons (Fsp3) is 0.731. The van der Waals surface area contributed by atoms with E-state index in [4.69, 9.17) is 4.74 Å². The van der Waals surface area contributed by atoms with Crippen molar-refractivity contribution in [2.75, 3.05) is 91.6 Å². The van der Waals surface area contributed by atoms with Crippen LogP contribution in [0.3, 0.4) is 0 Å². The van der Waals surface area contributed by atoms with Crippen LogP contribution >= 0.6 is 0 Å². The third-order valence-corrected chi connectivity index (χ3v) is 9.13. The van der Waals surface area contributed by atoms with Gasteiger partial charge in [-0.05, 0) is 26.0 Å². The molecule has 0 aliphatic carbocycles. The highest BCUT2D eigenvalue weighted by molar-refractivity contribution is 5.89. The van der Waals surface area contributed by atoms with Crippen LogP contribution in [0, 0.1) is 0 Å². The zero-order chi connectivity index (χ0) is 22.2. The summed E-state index contributed by atoms with van der Waals surface area (Å²) in [6.07, 6.45) is 1.34. The van der Waals surface area contributed by atoms with Gasteiger partial charge >= 0.3 is 5.97 Å². The van der Waals surface area contributed by atoms with Gasteiger partial charge in [0.2, 0.25) is 0 Å². The Labute approximate surface area is 194 Å². The Bertz CT molecular complexity index is 775. The van der Waals surface area contributed by atoms with E-state index in [2.05, 4.69) is 17.0 Å². The molecule has 0 radical (unpaired) electrons. The molecule has 6 nitrogen and oxygen atoms in total. The van der Waals surface area contributed by atoms with Gasteiger partial charge < -0.3 is 18.2 Å². The maximum atomic E-state index is 12.1. The second-order valence-corrected chi connectivity index (χ2v) is 11.5. The van der Waals surface area contributed by atoms with Crippen LogP contribution in [-0.2, 0) is 11.3 Å². The average molecular weight is 444 g/mol. The predicted molar refractivity (Wildman–Crippen MR) is 126 cm³/mol. The molecule has 0 N–H and O–H groups in total. The van der Waals surface area contributed by atoms with E-state index in [9.17, 15) is 4.79 Å². The zero-order valence-electron chi connectivity index (χ0n) is 20.3.